The molecular formula is C13H21IN4OS. The molecule has 0 amide bonds. The van der Waals surface area contributed by atoms with Crippen LogP contribution < -0.4 is 5.73 Å². The summed E-state index contributed by atoms with van der Waals surface area (Å²) in [5.41, 5.74) is 7.28. The minimum absolute atomic E-state index is 0. The van der Waals surface area contributed by atoms with E-state index >= 15 is 0 Å². The van der Waals surface area contributed by atoms with E-state index in [0.717, 1.165) is 24.7 Å². The molecule has 20 heavy (non-hydrogen) atoms. The monoisotopic (exact) mass is 408 g/mol. The number of rotatable bonds is 3. The Bertz CT molecular complexity index is 475. The van der Waals surface area contributed by atoms with Crippen molar-refractivity contribution in [3.63, 3.8) is 0 Å². The average Bonchev–Trinajstić information content (AvgIpc) is 3.15. The average molecular weight is 408 g/mol. The molecule has 7 heteroatoms. The zero-order valence-electron chi connectivity index (χ0n) is 11.6. The van der Waals surface area contributed by atoms with Crippen molar-refractivity contribution in [2.75, 3.05) is 19.7 Å². The normalized spacial score (nSPS) is 23.6. The highest BCUT2D eigenvalue weighted by Crippen LogP contribution is 2.40. The highest BCUT2D eigenvalue weighted by molar-refractivity contribution is 14.0. The van der Waals surface area contributed by atoms with Crippen molar-refractivity contribution >= 4 is 41.3 Å². The molecule has 0 spiro atoms. The molecule has 2 N–H and O–H groups in total. The topological polar surface area (TPSA) is 63.7 Å². The zero-order chi connectivity index (χ0) is 13.2. The van der Waals surface area contributed by atoms with Crippen molar-refractivity contribution in [3.05, 3.63) is 16.1 Å². The van der Waals surface area contributed by atoms with Crippen LogP contribution in [0.4, 0.5) is 0 Å². The van der Waals surface area contributed by atoms with Gasteiger partial charge in [0.25, 0.3) is 0 Å². The molecule has 3 rings (SSSR count). The first kappa shape index (κ1) is 16.0. The number of thiazole rings is 1. The standard InChI is InChI=1S/C13H20N4OS.HI/c1-9-7-17(4-5-18-9)13(14)15-6-12-16-11(8-19-12)10-2-3-10;/h8-10H,2-7H2,1H3,(H2,14,15);1H. The first-order chi connectivity index (χ1) is 9.22. The summed E-state index contributed by atoms with van der Waals surface area (Å²) in [6.07, 6.45) is 2.81. The van der Waals surface area contributed by atoms with Gasteiger partial charge in [0.1, 0.15) is 5.01 Å². The number of nitrogens with two attached hydrogens (primary N) is 1. The van der Waals surface area contributed by atoms with Crippen LogP contribution in [0.3, 0.4) is 0 Å². The van der Waals surface area contributed by atoms with Crippen molar-refractivity contribution in [2.45, 2.75) is 38.3 Å². The maximum Gasteiger partial charge on any atom is 0.191 e. The summed E-state index contributed by atoms with van der Waals surface area (Å²) < 4.78 is 5.50. The largest absolute Gasteiger partial charge is 0.375 e. The minimum atomic E-state index is 0. The number of aromatic nitrogens is 1. The molecule has 2 aliphatic rings. The predicted molar refractivity (Wildman–Crippen MR) is 91.8 cm³/mol. The SMILES string of the molecule is CC1CN(C(N)=NCc2nc(C3CC3)cs2)CCO1.I. The van der Waals surface area contributed by atoms with Crippen molar-refractivity contribution in [1.82, 2.24) is 9.88 Å². The molecule has 112 valence electrons. The van der Waals surface area contributed by atoms with Crippen LogP contribution in [0.1, 0.15) is 36.4 Å². The Morgan fingerprint density at radius 3 is 3.10 bits per heavy atom. The van der Waals surface area contributed by atoms with E-state index in [4.69, 9.17) is 10.5 Å². The van der Waals surface area contributed by atoms with Crippen LogP contribution in [-0.2, 0) is 11.3 Å². The van der Waals surface area contributed by atoms with E-state index < -0.39 is 0 Å². The fourth-order valence-electron chi connectivity index (χ4n) is 2.24. The Labute approximate surface area is 140 Å². The lowest BCUT2D eigenvalue weighted by molar-refractivity contribution is 0.00529. The van der Waals surface area contributed by atoms with Crippen molar-refractivity contribution in [2.24, 2.45) is 10.7 Å². The number of halogens is 1. The summed E-state index contributed by atoms with van der Waals surface area (Å²) in [6.45, 7) is 5.02. The van der Waals surface area contributed by atoms with E-state index in [1.165, 1.54) is 18.5 Å². The number of morpholine rings is 1. The van der Waals surface area contributed by atoms with Crippen LogP contribution in [0.2, 0.25) is 0 Å². The van der Waals surface area contributed by atoms with Gasteiger partial charge in [-0.3, -0.25) is 0 Å². The molecule has 2 fully saturated rings. The lowest BCUT2D eigenvalue weighted by atomic mass is 10.3. The molecule has 1 saturated carbocycles. The lowest BCUT2D eigenvalue weighted by Gasteiger charge is -2.31. The highest BCUT2D eigenvalue weighted by Gasteiger charge is 2.26. The van der Waals surface area contributed by atoms with Gasteiger partial charge in [-0.15, -0.1) is 35.3 Å². The zero-order valence-corrected chi connectivity index (χ0v) is 14.8. The molecule has 5 nitrogen and oxygen atoms in total. The van der Waals surface area contributed by atoms with Gasteiger partial charge in [-0.2, -0.15) is 0 Å². The van der Waals surface area contributed by atoms with E-state index in [-0.39, 0.29) is 30.1 Å². The summed E-state index contributed by atoms with van der Waals surface area (Å²) in [5.74, 6) is 1.32. The van der Waals surface area contributed by atoms with Crippen molar-refractivity contribution in [1.29, 1.82) is 0 Å². The van der Waals surface area contributed by atoms with Gasteiger partial charge in [0.2, 0.25) is 0 Å². The molecule has 0 radical (unpaired) electrons. The lowest BCUT2D eigenvalue weighted by Crippen LogP contribution is -2.47. The maximum absolute atomic E-state index is 6.03. The Kier molecular flexibility index (Phi) is 5.62. The summed E-state index contributed by atoms with van der Waals surface area (Å²) in [5, 5.41) is 3.22. The molecule has 1 atom stereocenters. The molecule has 1 aromatic rings. The molecule has 1 aromatic heterocycles. The van der Waals surface area contributed by atoms with Crippen LogP contribution in [-0.4, -0.2) is 41.6 Å². The fourth-order valence-corrected chi connectivity index (χ4v) is 3.04. The van der Waals surface area contributed by atoms with E-state index in [1.807, 2.05) is 0 Å². The van der Waals surface area contributed by atoms with Gasteiger partial charge in [-0.1, -0.05) is 0 Å². The van der Waals surface area contributed by atoms with Crippen LogP contribution in [0, 0.1) is 0 Å². The second-order valence-corrected chi connectivity index (χ2v) is 6.18. The van der Waals surface area contributed by atoms with Gasteiger partial charge in [-0.05, 0) is 19.8 Å². The first-order valence-electron chi connectivity index (χ1n) is 6.83. The van der Waals surface area contributed by atoms with E-state index in [2.05, 4.69) is 27.2 Å². The number of aliphatic imine (C=N–C) groups is 1. The maximum atomic E-state index is 6.03. The molecule has 1 aliphatic heterocycles. The quantitative estimate of drug-likeness (QED) is 0.473. The summed E-state index contributed by atoms with van der Waals surface area (Å²) in [7, 11) is 0. The van der Waals surface area contributed by atoms with Crippen molar-refractivity contribution < 1.29 is 4.74 Å². The number of hydrogen-bond acceptors (Lipinski definition) is 4. The van der Waals surface area contributed by atoms with E-state index in [0.29, 0.717) is 18.4 Å². The number of guanidine groups is 1. The van der Waals surface area contributed by atoms with Gasteiger partial charge in [0.05, 0.1) is 24.9 Å². The number of ether oxygens (including phenoxy) is 1. The molecule has 2 heterocycles. The summed E-state index contributed by atoms with van der Waals surface area (Å²) in [6, 6.07) is 0. The number of hydrogen-bond donors (Lipinski definition) is 1. The van der Waals surface area contributed by atoms with Gasteiger partial charge in [0, 0.05) is 24.4 Å². The fraction of sp³-hybridized carbons (Fsp3) is 0.692. The van der Waals surface area contributed by atoms with Gasteiger partial charge in [-0.25, -0.2) is 9.98 Å². The van der Waals surface area contributed by atoms with Crippen LogP contribution >= 0.6 is 35.3 Å². The number of nitrogens with zero attached hydrogens (tertiary/aromatic N) is 3. The molecule has 1 unspecified atom stereocenters. The van der Waals surface area contributed by atoms with Crippen molar-refractivity contribution in [3.8, 4) is 0 Å². The second kappa shape index (κ2) is 7.04. The van der Waals surface area contributed by atoms with Crippen LogP contribution in [0.25, 0.3) is 0 Å². The minimum Gasteiger partial charge on any atom is -0.375 e. The Balaban J connectivity index is 0.00000147. The third kappa shape index (κ3) is 4.05. The third-order valence-electron chi connectivity index (χ3n) is 3.51. The second-order valence-electron chi connectivity index (χ2n) is 5.24. The highest BCUT2D eigenvalue weighted by atomic mass is 127. The molecule has 1 saturated heterocycles. The molecule has 1 aliphatic carbocycles. The third-order valence-corrected chi connectivity index (χ3v) is 4.36. The van der Waals surface area contributed by atoms with E-state index in [1.54, 1.807) is 11.3 Å². The van der Waals surface area contributed by atoms with Gasteiger partial charge < -0.3 is 15.4 Å². The van der Waals surface area contributed by atoms with Crippen LogP contribution in [0.5, 0.6) is 0 Å². The first-order valence-corrected chi connectivity index (χ1v) is 7.71. The smallest absolute Gasteiger partial charge is 0.191 e. The molecule has 0 bridgehead atoms. The summed E-state index contributed by atoms with van der Waals surface area (Å²) >= 11 is 1.69. The Hall–Kier alpha value is -0.410. The molecule has 0 aromatic carbocycles. The van der Waals surface area contributed by atoms with Crippen LogP contribution in [0.15, 0.2) is 10.4 Å². The Morgan fingerprint density at radius 2 is 2.40 bits per heavy atom. The van der Waals surface area contributed by atoms with Gasteiger partial charge in [0.15, 0.2) is 5.96 Å². The van der Waals surface area contributed by atoms with Gasteiger partial charge >= 0.3 is 0 Å². The Morgan fingerprint density at radius 1 is 1.60 bits per heavy atom. The predicted octanol–water partition coefficient (Wildman–Crippen LogP) is 2.17. The summed E-state index contributed by atoms with van der Waals surface area (Å²) in [4.78, 5) is 11.2. The van der Waals surface area contributed by atoms with E-state index in [9.17, 15) is 0 Å². The molecular weight excluding hydrogens is 387 g/mol.